The topological polar surface area (TPSA) is 63.5 Å². The molecule has 0 radical (unpaired) electrons. The van der Waals surface area contributed by atoms with Gasteiger partial charge in [0.05, 0.1) is 24.8 Å². The number of nitrogens with one attached hydrogen (secondary N) is 2. The zero-order valence-corrected chi connectivity index (χ0v) is 12.5. The summed E-state index contributed by atoms with van der Waals surface area (Å²) in [6.45, 7) is 7.01. The molecule has 2 N–H and O–H groups in total. The third-order valence-corrected chi connectivity index (χ3v) is 3.88. The van der Waals surface area contributed by atoms with E-state index in [1.165, 1.54) is 0 Å². The van der Waals surface area contributed by atoms with Crippen molar-refractivity contribution >= 4 is 17.0 Å². The molecule has 0 bridgehead atoms. The highest BCUT2D eigenvalue weighted by molar-refractivity contribution is 5.82. The molecule has 2 aromatic rings. The molecule has 5 nitrogen and oxygen atoms in total. The molecule has 2 heterocycles. The van der Waals surface area contributed by atoms with Gasteiger partial charge >= 0.3 is 6.03 Å². The van der Waals surface area contributed by atoms with Crippen LogP contribution < -0.4 is 10.6 Å². The number of furan rings is 1. The van der Waals surface area contributed by atoms with Crippen molar-refractivity contribution in [2.45, 2.75) is 32.4 Å². The lowest BCUT2D eigenvalue weighted by atomic mass is 10.0. The molecule has 1 atom stereocenters. The van der Waals surface area contributed by atoms with Gasteiger partial charge in [0.1, 0.15) is 11.3 Å². The summed E-state index contributed by atoms with van der Waals surface area (Å²) in [5.74, 6) is 0.793. The lowest BCUT2D eigenvalue weighted by molar-refractivity contribution is -0.0575. The maximum absolute atomic E-state index is 12.0. The van der Waals surface area contributed by atoms with Gasteiger partial charge in [-0.1, -0.05) is 18.2 Å². The van der Waals surface area contributed by atoms with E-state index in [4.69, 9.17) is 9.15 Å². The fourth-order valence-corrected chi connectivity index (χ4v) is 2.66. The molecule has 2 amide bonds. The second kappa shape index (κ2) is 5.07. The van der Waals surface area contributed by atoms with E-state index < -0.39 is 0 Å². The van der Waals surface area contributed by atoms with Gasteiger partial charge in [0.2, 0.25) is 0 Å². The van der Waals surface area contributed by atoms with Crippen LogP contribution in [0, 0.1) is 6.92 Å². The monoisotopic (exact) mass is 288 g/mol. The van der Waals surface area contributed by atoms with Crippen LogP contribution in [0.2, 0.25) is 0 Å². The van der Waals surface area contributed by atoms with Crippen LogP contribution in [0.15, 0.2) is 28.7 Å². The summed E-state index contributed by atoms with van der Waals surface area (Å²) >= 11 is 0. The molecule has 3 rings (SSSR count). The number of hydrogen-bond acceptors (Lipinski definition) is 3. The normalized spacial score (nSPS) is 18.0. The zero-order valence-electron chi connectivity index (χ0n) is 12.5. The Kier molecular flexibility index (Phi) is 3.37. The summed E-state index contributed by atoms with van der Waals surface area (Å²) in [5, 5.41) is 6.94. The van der Waals surface area contributed by atoms with Crippen LogP contribution in [-0.4, -0.2) is 24.8 Å². The van der Waals surface area contributed by atoms with E-state index in [1.807, 2.05) is 45.0 Å². The predicted molar refractivity (Wildman–Crippen MR) is 80.3 cm³/mol. The van der Waals surface area contributed by atoms with Crippen molar-refractivity contribution in [1.29, 1.82) is 0 Å². The number of aryl methyl sites for hydroxylation is 1. The van der Waals surface area contributed by atoms with Crippen LogP contribution >= 0.6 is 0 Å². The smallest absolute Gasteiger partial charge is 0.315 e. The van der Waals surface area contributed by atoms with Crippen LogP contribution in [-0.2, 0) is 4.74 Å². The zero-order chi connectivity index (χ0) is 15.0. The first-order valence-corrected chi connectivity index (χ1v) is 7.13. The van der Waals surface area contributed by atoms with Crippen LogP contribution in [0.4, 0.5) is 4.79 Å². The molecule has 112 valence electrons. The minimum Gasteiger partial charge on any atom is -0.459 e. The molecule has 1 aliphatic rings. The lowest BCUT2D eigenvalue weighted by Gasteiger charge is -2.38. The van der Waals surface area contributed by atoms with Gasteiger partial charge in [0.15, 0.2) is 0 Å². The third kappa shape index (κ3) is 2.61. The van der Waals surface area contributed by atoms with E-state index in [0.717, 1.165) is 22.3 Å². The minimum absolute atomic E-state index is 0.193. The Bertz CT molecular complexity index is 673. The molecule has 1 unspecified atom stereocenters. The van der Waals surface area contributed by atoms with Gasteiger partial charge in [-0.25, -0.2) is 4.79 Å². The van der Waals surface area contributed by atoms with E-state index >= 15 is 0 Å². The molecule has 1 aromatic carbocycles. The van der Waals surface area contributed by atoms with Gasteiger partial charge in [0, 0.05) is 10.9 Å². The summed E-state index contributed by atoms with van der Waals surface area (Å²) in [5.41, 5.74) is 1.65. The van der Waals surface area contributed by atoms with E-state index in [-0.39, 0.29) is 17.6 Å². The van der Waals surface area contributed by atoms with Crippen molar-refractivity contribution in [2.24, 2.45) is 0 Å². The van der Waals surface area contributed by atoms with E-state index in [1.54, 1.807) is 0 Å². The third-order valence-electron chi connectivity index (χ3n) is 3.88. The van der Waals surface area contributed by atoms with Gasteiger partial charge in [0.25, 0.3) is 0 Å². The number of ether oxygens (including phenoxy) is 1. The average Bonchev–Trinajstić information content (AvgIpc) is 2.75. The first-order valence-electron chi connectivity index (χ1n) is 7.13. The van der Waals surface area contributed by atoms with E-state index in [9.17, 15) is 4.79 Å². The van der Waals surface area contributed by atoms with Gasteiger partial charge in [-0.05, 0) is 26.8 Å². The first kappa shape index (κ1) is 13.9. The molecule has 21 heavy (non-hydrogen) atoms. The maximum atomic E-state index is 12.0. The molecular formula is C16H20N2O3. The maximum Gasteiger partial charge on any atom is 0.315 e. The highest BCUT2D eigenvalue weighted by atomic mass is 16.5. The summed E-state index contributed by atoms with van der Waals surface area (Å²) in [4.78, 5) is 12.0. The predicted octanol–water partition coefficient (Wildman–Crippen LogP) is 2.89. The molecule has 5 heteroatoms. The van der Waals surface area contributed by atoms with Crippen LogP contribution in [0.1, 0.15) is 31.2 Å². The Morgan fingerprint density at radius 3 is 2.67 bits per heavy atom. The minimum atomic E-state index is -0.257. The second-order valence-corrected chi connectivity index (χ2v) is 5.96. The quantitative estimate of drug-likeness (QED) is 0.912. The molecule has 0 saturated carbocycles. The van der Waals surface area contributed by atoms with Crippen LogP contribution in [0.25, 0.3) is 11.0 Å². The molecular weight excluding hydrogens is 268 g/mol. The molecule has 0 spiro atoms. The first-order chi connectivity index (χ1) is 9.98. The van der Waals surface area contributed by atoms with Crippen LogP contribution in [0.3, 0.4) is 0 Å². The summed E-state index contributed by atoms with van der Waals surface area (Å²) < 4.78 is 11.0. The van der Waals surface area contributed by atoms with Gasteiger partial charge in [-0.3, -0.25) is 0 Å². The van der Waals surface area contributed by atoms with Gasteiger partial charge in [-0.2, -0.15) is 0 Å². The molecule has 1 saturated heterocycles. The molecule has 1 aliphatic heterocycles. The molecule has 1 fully saturated rings. The van der Waals surface area contributed by atoms with Gasteiger partial charge < -0.3 is 19.8 Å². The average molecular weight is 288 g/mol. The number of amides is 2. The number of fused-ring (bicyclic) bond motifs is 1. The SMILES string of the molecule is Cc1c(C(C)NC(=O)NC2(C)COC2)oc2ccccc12. The van der Waals surface area contributed by atoms with Crippen molar-refractivity contribution in [3.05, 3.63) is 35.6 Å². The summed E-state index contributed by atoms with van der Waals surface area (Å²) in [7, 11) is 0. The Hall–Kier alpha value is -2.01. The fourth-order valence-electron chi connectivity index (χ4n) is 2.66. The second-order valence-electron chi connectivity index (χ2n) is 5.96. The van der Waals surface area contributed by atoms with Gasteiger partial charge in [-0.15, -0.1) is 0 Å². The molecule has 1 aromatic heterocycles. The summed E-state index contributed by atoms with van der Waals surface area (Å²) in [6.07, 6.45) is 0. The summed E-state index contributed by atoms with van der Waals surface area (Å²) in [6, 6.07) is 7.49. The van der Waals surface area contributed by atoms with Crippen molar-refractivity contribution in [3.8, 4) is 0 Å². The number of hydrogen-bond donors (Lipinski definition) is 2. The van der Waals surface area contributed by atoms with Crippen molar-refractivity contribution < 1.29 is 13.9 Å². The van der Waals surface area contributed by atoms with E-state index in [0.29, 0.717) is 13.2 Å². The van der Waals surface area contributed by atoms with Crippen molar-refractivity contribution in [3.63, 3.8) is 0 Å². The fraction of sp³-hybridized carbons (Fsp3) is 0.438. The number of urea groups is 1. The Morgan fingerprint density at radius 2 is 2.05 bits per heavy atom. The highest BCUT2D eigenvalue weighted by Crippen LogP contribution is 2.29. The Labute approximate surface area is 123 Å². The number of carbonyl (C=O) groups excluding carboxylic acids is 1. The van der Waals surface area contributed by atoms with Crippen molar-refractivity contribution in [2.75, 3.05) is 13.2 Å². The number of para-hydroxylation sites is 1. The largest absolute Gasteiger partial charge is 0.459 e. The number of benzene rings is 1. The molecule has 0 aliphatic carbocycles. The van der Waals surface area contributed by atoms with Crippen molar-refractivity contribution in [1.82, 2.24) is 10.6 Å². The van der Waals surface area contributed by atoms with E-state index in [2.05, 4.69) is 10.6 Å². The highest BCUT2D eigenvalue weighted by Gasteiger charge is 2.35. The number of rotatable bonds is 3. The Morgan fingerprint density at radius 1 is 1.33 bits per heavy atom. The lowest BCUT2D eigenvalue weighted by Crippen LogP contribution is -2.61. The number of carbonyl (C=O) groups is 1. The Balaban J connectivity index is 1.73. The van der Waals surface area contributed by atoms with Crippen LogP contribution in [0.5, 0.6) is 0 Å². The standard InChI is InChI=1S/C16H20N2O3/c1-10-12-6-4-5-7-13(12)21-14(10)11(2)17-15(19)18-16(3)8-20-9-16/h4-7,11H,8-9H2,1-3H3,(H2,17,18,19).